The van der Waals surface area contributed by atoms with Crippen LogP contribution in [-0.4, -0.2) is 84.7 Å². The number of sulfonamides is 1. The van der Waals surface area contributed by atoms with Gasteiger partial charge in [0.05, 0.1) is 36.7 Å². The first-order valence-electron chi connectivity index (χ1n) is 10.9. The molecule has 0 unspecified atom stereocenters. The molecule has 2 heterocycles. The van der Waals surface area contributed by atoms with E-state index in [1.165, 1.54) is 23.7 Å². The summed E-state index contributed by atoms with van der Waals surface area (Å²) < 4.78 is 31.6. The quantitative estimate of drug-likeness (QED) is 0.601. The molecule has 3 atom stereocenters. The summed E-state index contributed by atoms with van der Waals surface area (Å²) in [4.78, 5) is 31.7. The van der Waals surface area contributed by atoms with Gasteiger partial charge in [-0.1, -0.05) is 13.0 Å². The average Bonchev–Trinajstić information content (AvgIpc) is 2.81. The maximum Gasteiger partial charge on any atom is 0.258 e. The number of carbonyl (C=O) groups is 2. The first kappa shape index (κ1) is 25.6. The molecule has 11 heteroatoms. The molecular weight excluding hydrogens is 460 g/mol. The summed E-state index contributed by atoms with van der Waals surface area (Å²) in [5, 5.41) is 12.5. The lowest BCUT2D eigenvalue weighted by Gasteiger charge is -2.38. The summed E-state index contributed by atoms with van der Waals surface area (Å²) in [6.07, 6.45) is 3.48. The van der Waals surface area contributed by atoms with Crippen molar-refractivity contribution in [2.24, 2.45) is 5.92 Å². The molecule has 0 saturated heterocycles. The summed E-state index contributed by atoms with van der Waals surface area (Å²) in [6.45, 7) is 3.66. The Morgan fingerprint density at radius 2 is 2.00 bits per heavy atom. The van der Waals surface area contributed by atoms with Crippen molar-refractivity contribution in [3.63, 3.8) is 0 Å². The van der Waals surface area contributed by atoms with Crippen LogP contribution in [0.15, 0.2) is 42.7 Å². The first-order valence-corrected chi connectivity index (χ1v) is 12.7. The number of aromatic nitrogens is 1. The Morgan fingerprint density at radius 3 is 2.62 bits per heavy atom. The van der Waals surface area contributed by atoms with Crippen molar-refractivity contribution in [2.45, 2.75) is 26.0 Å². The van der Waals surface area contributed by atoms with Crippen molar-refractivity contribution in [1.29, 1.82) is 0 Å². The van der Waals surface area contributed by atoms with Crippen LogP contribution in [0.2, 0.25) is 0 Å². The topological polar surface area (TPSA) is 129 Å². The Kier molecular flexibility index (Phi) is 7.90. The zero-order valence-electron chi connectivity index (χ0n) is 19.6. The first-order chi connectivity index (χ1) is 16.0. The van der Waals surface area contributed by atoms with Gasteiger partial charge in [-0.3, -0.25) is 14.6 Å². The van der Waals surface area contributed by atoms with Gasteiger partial charge in [0.2, 0.25) is 10.0 Å². The van der Waals surface area contributed by atoms with Gasteiger partial charge in [-0.25, -0.2) is 12.7 Å². The van der Waals surface area contributed by atoms with Gasteiger partial charge in [-0.15, -0.1) is 0 Å². The molecular formula is C23H30N4O6S. The highest BCUT2D eigenvalue weighted by Crippen LogP contribution is 2.35. The maximum absolute atomic E-state index is 13.4. The number of amides is 2. The van der Waals surface area contributed by atoms with Crippen LogP contribution in [0.1, 0.15) is 34.6 Å². The van der Waals surface area contributed by atoms with Crippen molar-refractivity contribution in [1.82, 2.24) is 14.2 Å². The van der Waals surface area contributed by atoms with E-state index in [0.29, 0.717) is 5.56 Å². The number of likely N-dealkylation sites (N-methyl/N-ethyl adjacent to an activating group) is 1. The lowest BCUT2D eigenvalue weighted by molar-refractivity contribution is 0.0389. The minimum Gasteiger partial charge on any atom is -0.486 e. The van der Waals surface area contributed by atoms with E-state index in [1.807, 2.05) is 6.92 Å². The lowest BCUT2D eigenvalue weighted by Crippen LogP contribution is -2.50. The summed E-state index contributed by atoms with van der Waals surface area (Å²) in [7, 11) is -2.02. The molecule has 1 aliphatic heterocycles. The lowest BCUT2D eigenvalue weighted by atomic mass is 9.99. The Balaban J connectivity index is 2.06. The third-order valence-electron chi connectivity index (χ3n) is 5.89. The van der Waals surface area contributed by atoms with E-state index in [-0.39, 0.29) is 48.5 Å². The van der Waals surface area contributed by atoms with Gasteiger partial charge >= 0.3 is 0 Å². The Labute approximate surface area is 199 Å². The SMILES string of the molecule is C[C@@H]1CN([C@@H](C)CO)C(=O)c2cccc(NC(=O)c3ccncc3)c2O[C@@H]1CN(C)S(C)(=O)=O. The number of anilines is 1. The van der Waals surface area contributed by atoms with E-state index in [9.17, 15) is 23.1 Å². The number of para-hydroxylation sites is 1. The van der Waals surface area contributed by atoms with Gasteiger partial charge < -0.3 is 20.1 Å². The number of nitrogens with one attached hydrogen (secondary N) is 1. The maximum atomic E-state index is 13.4. The van der Waals surface area contributed by atoms with E-state index < -0.39 is 28.1 Å². The fourth-order valence-electron chi connectivity index (χ4n) is 3.65. The fourth-order valence-corrected chi connectivity index (χ4v) is 4.06. The molecule has 1 aromatic carbocycles. The Bertz CT molecular complexity index is 1140. The highest BCUT2D eigenvalue weighted by molar-refractivity contribution is 7.88. The second-order valence-electron chi connectivity index (χ2n) is 8.54. The van der Waals surface area contributed by atoms with Crippen LogP contribution < -0.4 is 10.1 Å². The second kappa shape index (κ2) is 10.5. The van der Waals surface area contributed by atoms with Gasteiger partial charge in [0.25, 0.3) is 11.8 Å². The van der Waals surface area contributed by atoms with Gasteiger partial charge in [0.15, 0.2) is 5.75 Å². The molecule has 3 rings (SSSR count). The number of ether oxygens (including phenoxy) is 1. The van der Waals surface area contributed by atoms with Crippen molar-refractivity contribution in [3.05, 3.63) is 53.9 Å². The number of carbonyl (C=O) groups excluding carboxylic acids is 2. The molecule has 0 aliphatic carbocycles. The van der Waals surface area contributed by atoms with Crippen LogP contribution in [0.25, 0.3) is 0 Å². The Morgan fingerprint density at radius 1 is 1.32 bits per heavy atom. The number of benzene rings is 1. The predicted octanol–water partition coefficient (Wildman–Crippen LogP) is 1.45. The molecule has 0 fully saturated rings. The molecule has 34 heavy (non-hydrogen) atoms. The third-order valence-corrected chi connectivity index (χ3v) is 7.17. The molecule has 2 N–H and O–H groups in total. The van der Waals surface area contributed by atoms with Gasteiger partial charge in [-0.2, -0.15) is 0 Å². The number of fused-ring (bicyclic) bond motifs is 1. The van der Waals surface area contributed by atoms with Crippen molar-refractivity contribution in [2.75, 3.05) is 38.3 Å². The van der Waals surface area contributed by atoms with Crippen molar-refractivity contribution >= 4 is 27.5 Å². The highest BCUT2D eigenvalue weighted by atomic mass is 32.2. The van der Waals surface area contributed by atoms with Crippen LogP contribution in [-0.2, 0) is 10.0 Å². The molecule has 2 aromatic rings. The van der Waals surface area contributed by atoms with Crippen LogP contribution in [0.5, 0.6) is 5.75 Å². The molecule has 1 aromatic heterocycles. The molecule has 2 amide bonds. The zero-order chi connectivity index (χ0) is 25.0. The molecule has 0 bridgehead atoms. The monoisotopic (exact) mass is 490 g/mol. The summed E-state index contributed by atoms with van der Waals surface area (Å²) in [5.41, 5.74) is 0.874. The number of aliphatic hydroxyl groups is 1. The second-order valence-corrected chi connectivity index (χ2v) is 10.6. The average molecular weight is 491 g/mol. The number of aliphatic hydroxyl groups excluding tert-OH is 1. The van der Waals surface area contributed by atoms with E-state index in [1.54, 1.807) is 42.2 Å². The minimum atomic E-state index is -3.48. The number of rotatable bonds is 7. The number of hydrogen-bond acceptors (Lipinski definition) is 7. The molecule has 0 spiro atoms. The largest absolute Gasteiger partial charge is 0.486 e. The number of nitrogens with zero attached hydrogens (tertiary/aromatic N) is 3. The molecule has 0 radical (unpaired) electrons. The van der Waals surface area contributed by atoms with Crippen LogP contribution >= 0.6 is 0 Å². The minimum absolute atomic E-state index is 0.0433. The summed E-state index contributed by atoms with van der Waals surface area (Å²) >= 11 is 0. The smallest absolute Gasteiger partial charge is 0.258 e. The van der Waals surface area contributed by atoms with Gasteiger partial charge in [0, 0.05) is 37.5 Å². The molecule has 0 saturated carbocycles. The summed E-state index contributed by atoms with van der Waals surface area (Å²) in [6, 6.07) is 7.49. The van der Waals surface area contributed by atoms with E-state index >= 15 is 0 Å². The van der Waals surface area contributed by atoms with E-state index in [0.717, 1.165) is 6.26 Å². The standard InChI is InChI=1S/C23H30N4O6S/c1-15-12-27(16(2)14-28)23(30)18-6-5-7-19(25-22(29)17-8-10-24-11-9-17)21(18)33-20(15)13-26(3)34(4,31)32/h5-11,15-16,20,28H,12-14H2,1-4H3,(H,25,29)/t15-,16+,20-/m1/s1. The zero-order valence-corrected chi connectivity index (χ0v) is 20.4. The normalized spacial score (nSPS) is 19.6. The van der Waals surface area contributed by atoms with E-state index in [2.05, 4.69) is 10.3 Å². The predicted molar refractivity (Wildman–Crippen MR) is 127 cm³/mol. The molecule has 1 aliphatic rings. The van der Waals surface area contributed by atoms with E-state index in [4.69, 9.17) is 4.74 Å². The number of pyridine rings is 1. The molecule has 10 nitrogen and oxygen atoms in total. The number of hydrogen-bond donors (Lipinski definition) is 2. The van der Waals surface area contributed by atoms with Crippen LogP contribution in [0, 0.1) is 5.92 Å². The third kappa shape index (κ3) is 5.72. The fraction of sp³-hybridized carbons (Fsp3) is 0.435. The molecule has 184 valence electrons. The van der Waals surface area contributed by atoms with Crippen molar-refractivity contribution < 1.29 is 27.9 Å². The van der Waals surface area contributed by atoms with Crippen LogP contribution in [0.4, 0.5) is 5.69 Å². The van der Waals surface area contributed by atoms with Gasteiger partial charge in [-0.05, 0) is 31.2 Å². The van der Waals surface area contributed by atoms with Crippen molar-refractivity contribution in [3.8, 4) is 5.75 Å². The van der Waals surface area contributed by atoms with Gasteiger partial charge in [0.1, 0.15) is 6.10 Å². The highest BCUT2D eigenvalue weighted by Gasteiger charge is 2.35. The van der Waals surface area contributed by atoms with Crippen LogP contribution in [0.3, 0.4) is 0 Å². The Hall–Kier alpha value is -3.02. The summed E-state index contributed by atoms with van der Waals surface area (Å²) in [5.74, 6) is -0.881.